The summed E-state index contributed by atoms with van der Waals surface area (Å²) >= 11 is 0. The molecule has 4 nitrogen and oxygen atoms in total. The number of aromatic nitrogens is 2. The zero-order chi connectivity index (χ0) is 10.6. The predicted molar refractivity (Wildman–Crippen MR) is 59.0 cm³/mol. The molecular weight excluding hydrogens is 176 g/mol. The summed E-state index contributed by atoms with van der Waals surface area (Å²) in [6.07, 6.45) is 4.18. The van der Waals surface area contributed by atoms with Crippen LogP contribution in [0.4, 0.5) is 11.5 Å². The van der Waals surface area contributed by atoms with Crippen LogP contribution in [0, 0.1) is 5.92 Å². The maximum atomic E-state index is 5.74. The molecule has 78 valence electrons. The van der Waals surface area contributed by atoms with Crippen molar-refractivity contribution in [2.75, 3.05) is 11.1 Å². The zero-order valence-corrected chi connectivity index (χ0v) is 8.99. The summed E-state index contributed by atoms with van der Waals surface area (Å²) in [6, 6.07) is 0.409. The minimum atomic E-state index is 0.409. The topological polar surface area (TPSA) is 63.8 Å². The summed E-state index contributed by atoms with van der Waals surface area (Å²) in [5.41, 5.74) is 6.34. The van der Waals surface area contributed by atoms with Crippen LogP contribution in [-0.4, -0.2) is 16.0 Å². The van der Waals surface area contributed by atoms with Gasteiger partial charge in [0.05, 0.1) is 11.9 Å². The number of nitrogen functional groups attached to an aromatic ring is 1. The molecule has 0 aliphatic carbocycles. The normalized spacial score (nSPS) is 12.9. The van der Waals surface area contributed by atoms with Crippen LogP contribution in [0.5, 0.6) is 0 Å². The second-order valence-electron chi connectivity index (χ2n) is 3.73. The maximum Gasteiger partial charge on any atom is 0.152 e. The van der Waals surface area contributed by atoms with Gasteiger partial charge in [0.1, 0.15) is 6.33 Å². The lowest BCUT2D eigenvalue weighted by atomic mass is 10.0. The number of hydrogen-bond donors (Lipinski definition) is 2. The van der Waals surface area contributed by atoms with E-state index >= 15 is 0 Å². The van der Waals surface area contributed by atoms with E-state index in [0.29, 0.717) is 17.6 Å². The van der Waals surface area contributed by atoms with Crippen molar-refractivity contribution in [3.63, 3.8) is 0 Å². The summed E-state index contributed by atoms with van der Waals surface area (Å²) in [5.74, 6) is 1.30. The highest BCUT2D eigenvalue weighted by molar-refractivity contribution is 5.59. The Hall–Kier alpha value is -1.32. The molecule has 3 N–H and O–H groups in total. The molecule has 4 heteroatoms. The third-order valence-corrected chi connectivity index (χ3v) is 2.31. The number of rotatable bonds is 4. The van der Waals surface area contributed by atoms with E-state index in [1.165, 1.54) is 6.33 Å². The predicted octanol–water partition coefficient (Wildman–Crippen LogP) is 1.91. The summed E-state index contributed by atoms with van der Waals surface area (Å²) in [5, 5.41) is 3.32. The largest absolute Gasteiger partial charge is 0.394 e. The van der Waals surface area contributed by atoms with Gasteiger partial charge in [0.25, 0.3) is 0 Å². The highest BCUT2D eigenvalue weighted by Gasteiger charge is 2.12. The van der Waals surface area contributed by atoms with E-state index in [1.54, 1.807) is 6.20 Å². The summed E-state index contributed by atoms with van der Waals surface area (Å²) in [7, 11) is 0. The van der Waals surface area contributed by atoms with Crippen LogP contribution in [0.25, 0.3) is 0 Å². The Balaban J connectivity index is 2.72. The first-order valence-electron chi connectivity index (χ1n) is 4.97. The molecule has 0 radical (unpaired) electrons. The Morgan fingerprint density at radius 3 is 2.71 bits per heavy atom. The monoisotopic (exact) mass is 194 g/mol. The van der Waals surface area contributed by atoms with Crippen LogP contribution in [0.3, 0.4) is 0 Å². The summed E-state index contributed by atoms with van der Waals surface area (Å²) < 4.78 is 0. The lowest BCUT2D eigenvalue weighted by Crippen LogP contribution is -2.25. The molecule has 0 aromatic carbocycles. The standard InChI is InChI=1S/C10H18N4/c1-4-9(7(2)3)14-10-8(11)5-12-6-13-10/h5-7,9H,4,11H2,1-3H3,(H,12,13,14). The van der Waals surface area contributed by atoms with Gasteiger partial charge in [-0.3, -0.25) is 0 Å². The Kier molecular flexibility index (Phi) is 3.68. The van der Waals surface area contributed by atoms with E-state index in [2.05, 4.69) is 36.1 Å². The molecule has 0 bridgehead atoms. The first-order chi connectivity index (χ1) is 6.65. The minimum absolute atomic E-state index is 0.409. The van der Waals surface area contributed by atoms with Crippen molar-refractivity contribution in [2.45, 2.75) is 33.2 Å². The van der Waals surface area contributed by atoms with E-state index < -0.39 is 0 Å². The first kappa shape index (κ1) is 10.8. The van der Waals surface area contributed by atoms with Gasteiger partial charge in [0.15, 0.2) is 5.82 Å². The van der Waals surface area contributed by atoms with Crippen molar-refractivity contribution in [1.29, 1.82) is 0 Å². The van der Waals surface area contributed by atoms with E-state index in [9.17, 15) is 0 Å². The Labute approximate surface area is 85.0 Å². The molecule has 0 fully saturated rings. The quantitative estimate of drug-likeness (QED) is 0.768. The van der Waals surface area contributed by atoms with Gasteiger partial charge in [-0.2, -0.15) is 0 Å². The van der Waals surface area contributed by atoms with E-state index in [1.807, 2.05) is 0 Å². The molecule has 14 heavy (non-hydrogen) atoms. The second kappa shape index (κ2) is 4.79. The molecule has 1 aromatic heterocycles. The number of nitrogens with zero attached hydrogens (tertiary/aromatic N) is 2. The highest BCUT2D eigenvalue weighted by atomic mass is 15.1. The van der Waals surface area contributed by atoms with Crippen LogP contribution >= 0.6 is 0 Å². The lowest BCUT2D eigenvalue weighted by Gasteiger charge is -2.21. The van der Waals surface area contributed by atoms with Crippen molar-refractivity contribution < 1.29 is 0 Å². The Bertz CT molecular complexity index is 285. The molecule has 0 saturated heterocycles. The summed E-state index contributed by atoms with van der Waals surface area (Å²) in [4.78, 5) is 7.95. The lowest BCUT2D eigenvalue weighted by molar-refractivity contribution is 0.510. The first-order valence-corrected chi connectivity index (χ1v) is 4.97. The molecule has 1 aromatic rings. The number of anilines is 2. The van der Waals surface area contributed by atoms with Gasteiger partial charge in [-0.05, 0) is 12.3 Å². The van der Waals surface area contributed by atoms with Gasteiger partial charge in [-0.15, -0.1) is 0 Å². The van der Waals surface area contributed by atoms with Gasteiger partial charge in [0.2, 0.25) is 0 Å². The summed E-state index contributed by atoms with van der Waals surface area (Å²) in [6.45, 7) is 6.51. The minimum Gasteiger partial charge on any atom is -0.394 e. The van der Waals surface area contributed by atoms with Gasteiger partial charge in [-0.25, -0.2) is 9.97 Å². The number of hydrogen-bond acceptors (Lipinski definition) is 4. The highest BCUT2D eigenvalue weighted by Crippen LogP contribution is 2.17. The SMILES string of the molecule is CCC(Nc1ncncc1N)C(C)C. The fraction of sp³-hybridized carbons (Fsp3) is 0.600. The molecule has 0 aliphatic heterocycles. The molecule has 1 rings (SSSR count). The molecule has 0 saturated carbocycles. The fourth-order valence-corrected chi connectivity index (χ4v) is 1.38. The van der Waals surface area contributed by atoms with Crippen molar-refractivity contribution in [2.24, 2.45) is 5.92 Å². The van der Waals surface area contributed by atoms with Crippen molar-refractivity contribution in [1.82, 2.24) is 9.97 Å². The molecule has 0 aliphatic rings. The van der Waals surface area contributed by atoms with Gasteiger partial charge in [-0.1, -0.05) is 20.8 Å². The smallest absolute Gasteiger partial charge is 0.152 e. The zero-order valence-electron chi connectivity index (χ0n) is 8.99. The fourth-order valence-electron chi connectivity index (χ4n) is 1.38. The molecular formula is C10H18N4. The van der Waals surface area contributed by atoms with Crippen LogP contribution in [-0.2, 0) is 0 Å². The third-order valence-electron chi connectivity index (χ3n) is 2.31. The van der Waals surface area contributed by atoms with Crippen LogP contribution in [0.1, 0.15) is 27.2 Å². The molecule has 0 spiro atoms. The van der Waals surface area contributed by atoms with E-state index in [-0.39, 0.29) is 0 Å². The molecule has 1 atom stereocenters. The van der Waals surface area contributed by atoms with Gasteiger partial charge in [0, 0.05) is 6.04 Å². The van der Waals surface area contributed by atoms with E-state index in [0.717, 1.165) is 12.2 Å². The van der Waals surface area contributed by atoms with Crippen molar-refractivity contribution in [3.8, 4) is 0 Å². The van der Waals surface area contributed by atoms with Crippen LogP contribution in [0.2, 0.25) is 0 Å². The maximum absolute atomic E-state index is 5.74. The third kappa shape index (κ3) is 2.58. The number of nitrogens with one attached hydrogen (secondary N) is 1. The van der Waals surface area contributed by atoms with Crippen LogP contribution < -0.4 is 11.1 Å². The van der Waals surface area contributed by atoms with Gasteiger partial charge >= 0.3 is 0 Å². The number of nitrogens with two attached hydrogens (primary N) is 1. The second-order valence-corrected chi connectivity index (χ2v) is 3.73. The van der Waals surface area contributed by atoms with Crippen LogP contribution in [0.15, 0.2) is 12.5 Å². The van der Waals surface area contributed by atoms with Crippen molar-refractivity contribution in [3.05, 3.63) is 12.5 Å². The van der Waals surface area contributed by atoms with E-state index in [4.69, 9.17) is 5.73 Å². The molecule has 1 heterocycles. The Morgan fingerprint density at radius 1 is 1.50 bits per heavy atom. The molecule has 0 amide bonds. The van der Waals surface area contributed by atoms with Crippen molar-refractivity contribution >= 4 is 11.5 Å². The Morgan fingerprint density at radius 2 is 2.21 bits per heavy atom. The van der Waals surface area contributed by atoms with Gasteiger partial charge < -0.3 is 11.1 Å². The average molecular weight is 194 g/mol. The molecule has 1 unspecified atom stereocenters. The average Bonchev–Trinajstić information content (AvgIpc) is 2.16.